The van der Waals surface area contributed by atoms with Gasteiger partial charge < -0.3 is 14.0 Å². The number of nitrogens with zero attached hydrogens (tertiary/aromatic N) is 6. The van der Waals surface area contributed by atoms with Crippen LogP contribution in [0, 0.1) is 13.8 Å². The van der Waals surface area contributed by atoms with Gasteiger partial charge in [-0.15, -0.1) is 0 Å². The summed E-state index contributed by atoms with van der Waals surface area (Å²) in [5, 5.41) is 4.66. The maximum Gasteiger partial charge on any atom is 0.164 e. The zero-order valence-corrected chi connectivity index (χ0v) is 43.1. The smallest absolute Gasteiger partial charge is 0.164 e. The van der Waals surface area contributed by atoms with Crippen molar-refractivity contribution in [1.82, 2.24) is 24.1 Å². The van der Waals surface area contributed by atoms with E-state index in [2.05, 4.69) is 258 Å². The Bertz CT molecular complexity index is 4240. The lowest BCUT2D eigenvalue weighted by Gasteiger charge is -2.47. The number of rotatable bonds is 8. The van der Waals surface area contributed by atoms with Crippen molar-refractivity contribution in [2.75, 3.05) is 4.90 Å². The van der Waals surface area contributed by atoms with E-state index >= 15 is 0 Å². The first kappa shape index (κ1) is 45.2. The van der Waals surface area contributed by atoms with Crippen LogP contribution in [0.3, 0.4) is 0 Å². The number of anilines is 3. The van der Waals surface area contributed by atoms with E-state index in [0.717, 1.165) is 88.7 Å². The number of benzene rings is 11. The lowest BCUT2D eigenvalue weighted by atomic mass is 9.62. The fraction of sp³-hybridized carbons (Fsp3) is 0.0417. The highest BCUT2D eigenvalue weighted by molar-refractivity contribution is 6.13. The third-order valence-electron chi connectivity index (χ3n) is 16.0. The summed E-state index contributed by atoms with van der Waals surface area (Å²) in [6.45, 7) is 4.34. The number of aryl methyl sites for hydroxylation is 2. The minimum Gasteiger partial charge on any atom is -0.307 e. The second-order valence-electron chi connectivity index (χ2n) is 20.5. The first-order valence-corrected chi connectivity index (χ1v) is 26.7. The van der Waals surface area contributed by atoms with Crippen LogP contribution in [-0.2, 0) is 5.41 Å². The van der Waals surface area contributed by atoms with Crippen LogP contribution >= 0.6 is 0 Å². The van der Waals surface area contributed by atoms with E-state index in [4.69, 9.17) is 15.0 Å². The van der Waals surface area contributed by atoms with Crippen LogP contribution in [0.25, 0.3) is 89.2 Å². The van der Waals surface area contributed by atoms with Crippen molar-refractivity contribution in [1.29, 1.82) is 0 Å². The van der Waals surface area contributed by atoms with E-state index in [1.165, 1.54) is 33.4 Å². The Balaban J connectivity index is 1.14. The van der Waals surface area contributed by atoms with Gasteiger partial charge in [-0.3, -0.25) is 0 Å². The summed E-state index contributed by atoms with van der Waals surface area (Å²) in [6, 6.07) is 97.0. The zero-order valence-electron chi connectivity index (χ0n) is 43.1. The molecule has 0 spiro atoms. The van der Waals surface area contributed by atoms with Crippen LogP contribution in [0.1, 0.15) is 33.4 Å². The Morgan fingerprint density at radius 1 is 0.295 bits per heavy atom. The molecule has 1 aliphatic rings. The molecule has 0 fully saturated rings. The van der Waals surface area contributed by atoms with Crippen molar-refractivity contribution < 1.29 is 0 Å². The first-order valence-electron chi connectivity index (χ1n) is 26.7. The molecule has 0 N–H and O–H groups in total. The minimum absolute atomic E-state index is 0.565. The van der Waals surface area contributed by atoms with Crippen molar-refractivity contribution in [2.45, 2.75) is 19.3 Å². The molecule has 0 saturated heterocycles. The molecular weight excluding hydrogens is 949 g/mol. The first-order chi connectivity index (χ1) is 38.5. The Hall–Kier alpha value is -10.2. The lowest BCUT2D eigenvalue weighted by molar-refractivity contribution is 0.730. The predicted molar refractivity (Wildman–Crippen MR) is 321 cm³/mol. The van der Waals surface area contributed by atoms with Gasteiger partial charge in [0.2, 0.25) is 0 Å². The van der Waals surface area contributed by atoms with Crippen molar-refractivity contribution in [3.63, 3.8) is 0 Å². The highest BCUT2D eigenvalue weighted by Gasteiger charge is 2.47. The van der Waals surface area contributed by atoms with Crippen LogP contribution in [0.2, 0.25) is 0 Å². The molecule has 368 valence electrons. The lowest BCUT2D eigenvalue weighted by Crippen LogP contribution is -2.38. The summed E-state index contributed by atoms with van der Waals surface area (Å²) in [7, 11) is 0. The monoisotopic (exact) mass is 998 g/mol. The quantitative estimate of drug-likeness (QED) is 0.152. The molecule has 14 aromatic rings. The fourth-order valence-corrected chi connectivity index (χ4v) is 12.5. The molecule has 0 amide bonds. The molecule has 6 nitrogen and oxygen atoms in total. The summed E-state index contributed by atoms with van der Waals surface area (Å²) >= 11 is 0. The second kappa shape index (κ2) is 18.0. The van der Waals surface area contributed by atoms with E-state index in [0.29, 0.717) is 17.5 Å². The maximum atomic E-state index is 5.45. The van der Waals surface area contributed by atoms with E-state index < -0.39 is 5.41 Å². The highest BCUT2D eigenvalue weighted by Crippen LogP contribution is 2.60. The van der Waals surface area contributed by atoms with Gasteiger partial charge in [0.1, 0.15) is 0 Å². The van der Waals surface area contributed by atoms with Crippen LogP contribution < -0.4 is 4.90 Å². The zero-order chi connectivity index (χ0) is 51.9. The molecule has 4 heterocycles. The molecule has 78 heavy (non-hydrogen) atoms. The van der Waals surface area contributed by atoms with Crippen molar-refractivity contribution >= 4 is 60.7 Å². The summed E-state index contributed by atoms with van der Waals surface area (Å²) < 4.78 is 4.95. The topological polar surface area (TPSA) is 51.8 Å². The van der Waals surface area contributed by atoms with Crippen molar-refractivity contribution in [3.8, 4) is 45.5 Å². The average Bonchev–Trinajstić information content (AvgIpc) is 4.10. The molecule has 0 aliphatic carbocycles. The van der Waals surface area contributed by atoms with Gasteiger partial charge in [-0.2, -0.15) is 0 Å². The molecule has 0 unspecified atom stereocenters. The normalized spacial score (nSPS) is 12.8. The molecule has 0 atom stereocenters. The Kier molecular flexibility index (Phi) is 10.4. The van der Waals surface area contributed by atoms with E-state index in [1.807, 2.05) is 36.4 Å². The molecule has 3 aromatic heterocycles. The molecule has 1 aliphatic heterocycles. The minimum atomic E-state index is -0.697. The second-order valence-corrected chi connectivity index (χ2v) is 20.5. The van der Waals surface area contributed by atoms with E-state index in [-0.39, 0.29) is 0 Å². The number of aromatic nitrogens is 5. The molecule has 11 aromatic carbocycles. The number of para-hydroxylation sites is 6. The molecular formula is C72H50N6. The molecule has 0 radical (unpaired) electrons. The number of hydrogen-bond donors (Lipinski definition) is 0. The van der Waals surface area contributed by atoms with Crippen LogP contribution in [0.15, 0.2) is 267 Å². The summed E-state index contributed by atoms with van der Waals surface area (Å²) in [4.78, 5) is 18.6. The van der Waals surface area contributed by atoms with Crippen LogP contribution in [0.4, 0.5) is 17.1 Å². The highest BCUT2D eigenvalue weighted by atomic mass is 15.2. The average molecular weight is 999 g/mol. The van der Waals surface area contributed by atoms with Gasteiger partial charge >= 0.3 is 0 Å². The molecule has 15 rings (SSSR count). The molecule has 6 heteroatoms. The number of hydrogen-bond acceptors (Lipinski definition) is 4. The van der Waals surface area contributed by atoms with Crippen molar-refractivity contribution in [2.24, 2.45) is 0 Å². The maximum absolute atomic E-state index is 5.45. The van der Waals surface area contributed by atoms with Gasteiger partial charge in [0.05, 0.1) is 55.9 Å². The number of fused-ring (bicyclic) bond motifs is 8. The SMILES string of the molecule is Cc1ccc(C2(c3ccc(C)cc3)c3ccccc3N(c3c(-n4c5ccccc5c5ccccc54)cc(-c4nc(-c5ccccc5)nc(-c5ccccc5)n4)cc3-n3c4ccccc4c4ccccc43)c3ccccc32)cc1. The van der Waals surface area contributed by atoms with Gasteiger partial charge in [-0.25, -0.2) is 15.0 Å². The van der Waals surface area contributed by atoms with Crippen LogP contribution in [-0.4, -0.2) is 24.1 Å². The van der Waals surface area contributed by atoms with Gasteiger partial charge in [0.15, 0.2) is 17.5 Å². The van der Waals surface area contributed by atoms with Crippen LogP contribution in [0.5, 0.6) is 0 Å². The Morgan fingerprint density at radius 3 is 1.00 bits per heavy atom. The molecule has 0 bridgehead atoms. The largest absolute Gasteiger partial charge is 0.307 e. The predicted octanol–water partition coefficient (Wildman–Crippen LogP) is 17.8. The van der Waals surface area contributed by atoms with Gasteiger partial charge in [0, 0.05) is 38.2 Å². The fourth-order valence-electron chi connectivity index (χ4n) is 12.5. The van der Waals surface area contributed by atoms with Gasteiger partial charge in [-0.05, 0) is 84.6 Å². The molecule has 0 saturated carbocycles. The summed E-state index contributed by atoms with van der Waals surface area (Å²) in [6.07, 6.45) is 0. The van der Waals surface area contributed by atoms with Crippen molar-refractivity contribution in [3.05, 3.63) is 300 Å². The third kappa shape index (κ3) is 6.93. The van der Waals surface area contributed by atoms with Gasteiger partial charge in [0.25, 0.3) is 0 Å². The van der Waals surface area contributed by atoms with E-state index in [9.17, 15) is 0 Å². The van der Waals surface area contributed by atoms with E-state index in [1.54, 1.807) is 0 Å². The third-order valence-corrected chi connectivity index (χ3v) is 16.0. The Labute approximate surface area is 452 Å². The standard InChI is InChI=1S/C72H50N6/c1-47-37-41-52(42-38-47)72(53-43-39-48(2)40-44-53)58-29-13-19-35-64(58)78(65-36-20-14-30-59(65)72)68-66(76-60-31-15-9-25-54(60)55-26-10-16-32-61(55)76)45-51(46-67(68)77-62-33-17-11-27-56(62)57-28-12-18-34-63(57)77)71-74-69(49-21-5-3-6-22-49)73-70(75-71)50-23-7-4-8-24-50/h3-46H,1-2H3. The van der Waals surface area contributed by atoms with Gasteiger partial charge in [-0.1, -0.05) is 230 Å². The summed E-state index contributed by atoms with van der Waals surface area (Å²) in [5.74, 6) is 1.76. The Morgan fingerprint density at radius 2 is 0.615 bits per heavy atom. The summed E-state index contributed by atoms with van der Waals surface area (Å²) in [5.41, 5.74) is 18.6.